The number of alkyl halides is 3. The number of sulfone groups is 1. The van der Waals surface area contributed by atoms with Gasteiger partial charge >= 0.3 is 6.18 Å². The van der Waals surface area contributed by atoms with Crippen molar-refractivity contribution in [2.45, 2.75) is 49.4 Å². The van der Waals surface area contributed by atoms with Crippen LogP contribution < -0.4 is 0 Å². The van der Waals surface area contributed by atoms with Gasteiger partial charge in [0.15, 0.2) is 0 Å². The molecular formula is C24H23F4N3O3S. The molecule has 0 bridgehead atoms. The molecule has 1 heterocycles. The highest BCUT2D eigenvalue weighted by atomic mass is 32.2. The second-order valence-electron chi connectivity index (χ2n) is 8.39. The molecule has 35 heavy (non-hydrogen) atoms. The van der Waals surface area contributed by atoms with Crippen molar-refractivity contribution in [2.24, 2.45) is 0 Å². The molecule has 0 radical (unpaired) electrons. The number of hydrogen-bond acceptors (Lipinski definition) is 4. The summed E-state index contributed by atoms with van der Waals surface area (Å²) < 4.78 is 81.2. The fraction of sp³-hybridized carbons (Fsp3) is 0.333. The molecule has 1 aliphatic carbocycles. The minimum atomic E-state index is -4.59. The van der Waals surface area contributed by atoms with Crippen molar-refractivity contribution in [1.82, 2.24) is 14.5 Å². The number of aromatic nitrogens is 2. The van der Waals surface area contributed by atoms with Gasteiger partial charge in [-0.15, -0.1) is 0 Å². The first kappa shape index (κ1) is 24.9. The molecule has 0 spiro atoms. The second kappa shape index (κ2) is 9.44. The van der Waals surface area contributed by atoms with Crippen LogP contribution in [0.4, 0.5) is 17.6 Å². The van der Waals surface area contributed by atoms with Crippen LogP contribution in [-0.2, 0) is 28.3 Å². The highest BCUT2D eigenvalue weighted by Gasteiger charge is 2.35. The van der Waals surface area contributed by atoms with Gasteiger partial charge in [0.05, 0.1) is 35.3 Å². The lowest BCUT2D eigenvalue weighted by Gasteiger charge is -2.22. The average Bonchev–Trinajstić information content (AvgIpc) is 3.55. The summed E-state index contributed by atoms with van der Waals surface area (Å²) >= 11 is 0. The van der Waals surface area contributed by atoms with Gasteiger partial charge in [-0.25, -0.2) is 17.8 Å². The molecule has 3 aromatic rings. The molecule has 0 atom stereocenters. The van der Waals surface area contributed by atoms with Gasteiger partial charge < -0.3 is 9.47 Å². The molecule has 4 rings (SSSR count). The Kier molecular flexibility index (Phi) is 6.72. The minimum Gasteiger partial charge on any atom is -0.333 e. The topological polar surface area (TPSA) is 72.3 Å². The van der Waals surface area contributed by atoms with Gasteiger partial charge in [-0.2, -0.15) is 13.2 Å². The van der Waals surface area contributed by atoms with Crippen LogP contribution in [0.25, 0.3) is 0 Å². The zero-order chi connectivity index (χ0) is 25.4. The first-order valence-electron chi connectivity index (χ1n) is 11.0. The third-order valence-electron chi connectivity index (χ3n) is 5.77. The summed E-state index contributed by atoms with van der Waals surface area (Å²) in [5.74, 6) is -1.84. The van der Waals surface area contributed by atoms with Gasteiger partial charge in [0, 0.05) is 12.6 Å². The van der Waals surface area contributed by atoms with Crippen molar-refractivity contribution < 1.29 is 30.8 Å². The van der Waals surface area contributed by atoms with Gasteiger partial charge in [0.2, 0.25) is 15.0 Å². The highest BCUT2D eigenvalue weighted by Crippen LogP contribution is 2.39. The van der Waals surface area contributed by atoms with E-state index in [0.717, 1.165) is 12.1 Å². The van der Waals surface area contributed by atoms with Gasteiger partial charge in [0.25, 0.3) is 5.91 Å². The predicted molar refractivity (Wildman–Crippen MR) is 120 cm³/mol. The maximum absolute atomic E-state index is 14.1. The maximum Gasteiger partial charge on any atom is 0.416 e. The Morgan fingerprint density at radius 3 is 2.49 bits per heavy atom. The lowest BCUT2D eigenvalue weighted by Crippen LogP contribution is -2.32. The van der Waals surface area contributed by atoms with Crippen LogP contribution in [-0.4, -0.2) is 35.3 Å². The lowest BCUT2D eigenvalue weighted by atomic mass is 10.1. The van der Waals surface area contributed by atoms with Crippen molar-refractivity contribution in [3.05, 3.63) is 82.9 Å². The minimum absolute atomic E-state index is 0.00311. The monoisotopic (exact) mass is 509 g/mol. The number of hydrogen-bond donors (Lipinski definition) is 0. The van der Waals surface area contributed by atoms with E-state index in [1.54, 1.807) is 17.6 Å². The summed E-state index contributed by atoms with van der Waals surface area (Å²) in [5, 5.41) is -0.248. The third kappa shape index (κ3) is 5.39. The SMILES string of the molecule is CCN(Cc1cnc(S(=O)(=O)Cc2cccc(C(F)(F)F)c2)n1C1CC1)C(=O)c1ccccc1F. The summed E-state index contributed by atoms with van der Waals surface area (Å²) in [6.07, 6.45) is -1.81. The summed E-state index contributed by atoms with van der Waals surface area (Å²) in [6.45, 7) is 1.98. The number of nitrogens with zero attached hydrogens (tertiary/aromatic N) is 3. The standard InChI is InChI=1S/C24H23F4N3O3S/c1-2-30(22(32)20-8-3-4-9-21(20)25)14-19-13-29-23(31(19)18-10-11-18)35(33,34)15-16-6-5-7-17(12-16)24(26,27)28/h3-9,12-13,18H,2,10-11,14-15H2,1H3. The van der Waals surface area contributed by atoms with E-state index in [2.05, 4.69) is 4.98 Å². The van der Waals surface area contributed by atoms with Gasteiger partial charge in [-0.1, -0.05) is 30.3 Å². The van der Waals surface area contributed by atoms with Crippen LogP contribution in [0, 0.1) is 5.82 Å². The Labute approximate surface area is 200 Å². The van der Waals surface area contributed by atoms with E-state index in [4.69, 9.17) is 0 Å². The van der Waals surface area contributed by atoms with Gasteiger partial charge in [0.1, 0.15) is 5.82 Å². The van der Waals surface area contributed by atoms with Crippen molar-refractivity contribution in [1.29, 1.82) is 0 Å². The maximum atomic E-state index is 14.1. The number of amides is 1. The van der Waals surface area contributed by atoms with E-state index in [-0.39, 0.29) is 35.4 Å². The molecule has 1 fully saturated rings. The zero-order valence-corrected chi connectivity index (χ0v) is 19.6. The van der Waals surface area contributed by atoms with Crippen molar-refractivity contribution in [2.75, 3.05) is 6.54 Å². The van der Waals surface area contributed by atoms with E-state index < -0.39 is 39.1 Å². The molecule has 0 N–H and O–H groups in total. The van der Waals surface area contributed by atoms with E-state index in [1.807, 2.05) is 0 Å². The highest BCUT2D eigenvalue weighted by molar-refractivity contribution is 7.90. The van der Waals surface area contributed by atoms with Gasteiger partial charge in [-0.3, -0.25) is 4.79 Å². The molecule has 6 nitrogen and oxygen atoms in total. The Morgan fingerprint density at radius 2 is 1.86 bits per heavy atom. The fourth-order valence-electron chi connectivity index (χ4n) is 3.90. The molecule has 1 aliphatic rings. The summed E-state index contributed by atoms with van der Waals surface area (Å²) in [5.41, 5.74) is -0.566. The molecule has 1 amide bonds. The Morgan fingerprint density at radius 1 is 1.14 bits per heavy atom. The predicted octanol–water partition coefficient (Wildman–Crippen LogP) is 5.01. The number of imidazole rings is 1. The van der Waals surface area contributed by atoms with Crippen LogP contribution in [0.5, 0.6) is 0 Å². The molecule has 186 valence electrons. The van der Waals surface area contributed by atoms with Crippen LogP contribution in [0.15, 0.2) is 59.9 Å². The van der Waals surface area contributed by atoms with Crippen LogP contribution in [0.3, 0.4) is 0 Å². The molecular weight excluding hydrogens is 486 g/mol. The van der Waals surface area contributed by atoms with Crippen molar-refractivity contribution in [3.63, 3.8) is 0 Å². The third-order valence-corrected chi connectivity index (χ3v) is 7.34. The average molecular weight is 510 g/mol. The van der Waals surface area contributed by atoms with Crippen molar-refractivity contribution >= 4 is 15.7 Å². The lowest BCUT2D eigenvalue weighted by molar-refractivity contribution is -0.137. The molecule has 1 saturated carbocycles. The number of carbonyl (C=O) groups is 1. The van der Waals surface area contributed by atoms with E-state index in [1.165, 1.54) is 41.4 Å². The van der Waals surface area contributed by atoms with Crippen LogP contribution in [0.1, 0.15) is 53.0 Å². The molecule has 1 aromatic heterocycles. The molecule has 2 aromatic carbocycles. The Balaban J connectivity index is 1.63. The zero-order valence-electron chi connectivity index (χ0n) is 18.8. The normalized spacial score (nSPS) is 14.2. The van der Waals surface area contributed by atoms with E-state index in [0.29, 0.717) is 18.5 Å². The molecule has 0 unspecified atom stereocenters. The largest absolute Gasteiger partial charge is 0.416 e. The molecule has 11 heteroatoms. The summed E-state index contributed by atoms with van der Waals surface area (Å²) in [4.78, 5) is 18.4. The van der Waals surface area contributed by atoms with Crippen molar-refractivity contribution in [3.8, 4) is 0 Å². The summed E-state index contributed by atoms with van der Waals surface area (Å²) in [6, 6.07) is 9.64. The number of benzene rings is 2. The van der Waals surface area contributed by atoms with Gasteiger partial charge in [-0.05, 0) is 43.5 Å². The molecule has 0 aliphatic heterocycles. The number of rotatable bonds is 8. The number of carbonyl (C=O) groups excluding carboxylic acids is 1. The molecule has 0 saturated heterocycles. The van der Waals surface area contributed by atoms with E-state index in [9.17, 15) is 30.8 Å². The van der Waals surface area contributed by atoms with Crippen LogP contribution in [0.2, 0.25) is 0 Å². The fourth-order valence-corrected chi connectivity index (χ4v) is 5.42. The Hall–Kier alpha value is -3.21. The van der Waals surface area contributed by atoms with E-state index >= 15 is 0 Å². The Bertz CT molecular complexity index is 1350. The smallest absolute Gasteiger partial charge is 0.333 e. The second-order valence-corrected chi connectivity index (χ2v) is 10.3. The number of halogens is 4. The first-order valence-corrected chi connectivity index (χ1v) is 12.6. The first-order chi connectivity index (χ1) is 16.5. The quantitative estimate of drug-likeness (QED) is 0.400. The van der Waals surface area contributed by atoms with Crippen LogP contribution >= 0.6 is 0 Å². The summed E-state index contributed by atoms with van der Waals surface area (Å²) in [7, 11) is -4.09.